The lowest BCUT2D eigenvalue weighted by Crippen LogP contribution is -2.32. The van der Waals surface area contributed by atoms with E-state index in [4.69, 9.17) is 23.2 Å². The molecule has 0 aliphatic heterocycles. The van der Waals surface area contributed by atoms with Crippen LogP contribution in [0.15, 0.2) is 36.7 Å². The van der Waals surface area contributed by atoms with E-state index in [2.05, 4.69) is 27.0 Å². The Morgan fingerprint density at radius 1 is 1.39 bits per heavy atom. The van der Waals surface area contributed by atoms with Crippen molar-refractivity contribution in [1.29, 1.82) is 0 Å². The zero-order chi connectivity index (χ0) is 16.7. The third kappa shape index (κ3) is 3.24. The van der Waals surface area contributed by atoms with Crippen molar-refractivity contribution < 1.29 is 4.79 Å². The molecule has 4 nitrogen and oxygen atoms in total. The molecule has 0 bridgehead atoms. The van der Waals surface area contributed by atoms with Gasteiger partial charge in [-0.2, -0.15) is 0 Å². The average molecular weight is 352 g/mol. The summed E-state index contributed by atoms with van der Waals surface area (Å²) in [6.45, 7) is 5.00. The smallest absolute Gasteiger partial charge is 0.229 e. The lowest BCUT2D eigenvalue weighted by Gasteiger charge is -2.13. The molecule has 0 radical (unpaired) electrons. The van der Waals surface area contributed by atoms with Crippen LogP contribution >= 0.6 is 23.2 Å². The minimum atomic E-state index is -0.933. The van der Waals surface area contributed by atoms with Crippen molar-refractivity contribution in [2.24, 2.45) is 5.41 Å². The van der Waals surface area contributed by atoms with E-state index in [0.717, 1.165) is 17.9 Å². The molecule has 2 aromatic rings. The molecule has 1 heterocycles. The highest BCUT2D eigenvalue weighted by Crippen LogP contribution is 2.63. The summed E-state index contributed by atoms with van der Waals surface area (Å²) in [5, 5.41) is 2.93. The third-order valence-corrected chi connectivity index (χ3v) is 5.58. The Kier molecular flexibility index (Phi) is 4.15. The highest BCUT2D eigenvalue weighted by atomic mass is 35.5. The van der Waals surface area contributed by atoms with Gasteiger partial charge < -0.3 is 9.88 Å². The van der Waals surface area contributed by atoms with Crippen LogP contribution < -0.4 is 5.32 Å². The maximum atomic E-state index is 12.2. The highest BCUT2D eigenvalue weighted by molar-refractivity contribution is 6.53. The Hall–Kier alpha value is -1.52. The number of amides is 1. The Balaban J connectivity index is 1.62. The first-order valence-corrected chi connectivity index (χ1v) is 8.29. The Morgan fingerprint density at radius 3 is 2.70 bits per heavy atom. The molecule has 1 N–H and O–H groups in total. The minimum absolute atomic E-state index is 0.0987. The maximum Gasteiger partial charge on any atom is 0.229 e. The number of imidazole rings is 1. The summed E-state index contributed by atoms with van der Waals surface area (Å²) in [6.07, 6.45) is 4.24. The summed E-state index contributed by atoms with van der Waals surface area (Å²) in [6, 6.07) is 8.14. The number of hydrogen-bond donors (Lipinski definition) is 1. The van der Waals surface area contributed by atoms with Crippen LogP contribution in [0.4, 0.5) is 0 Å². The third-order valence-electron chi connectivity index (χ3n) is 4.48. The number of nitrogens with zero attached hydrogens (tertiary/aromatic N) is 2. The zero-order valence-electron chi connectivity index (χ0n) is 13.1. The summed E-state index contributed by atoms with van der Waals surface area (Å²) in [4.78, 5) is 16.4. The number of rotatable bonds is 5. The number of benzene rings is 1. The van der Waals surface area contributed by atoms with Gasteiger partial charge in [0.2, 0.25) is 5.91 Å². The SMILES string of the molecule is Cc1nccn1Cc1cccc(CNC(=O)[C@]2(C)CC2(Cl)Cl)c1. The molecule has 1 atom stereocenters. The zero-order valence-corrected chi connectivity index (χ0v) is 14.7. The van der Waals surface area contributed by atoms with Crippen molar-refractivity contribution in [2.45, 2.75) is 37.7 Å². The van der Waals surface area contributed by atoms with Crippen LogP contribution in [0, 0.1) is 12.3 Å². The molecular weight excluding hydrogens is 333 g/mol. The molecule has 6 heteroatoms. The second kappa shape index (κ2) is 5.84. The summed E-state index contributed by atoms with van der Waals surface area (Å²) in [5.41, 5.74) is 1.54. The largest absolute Gasteiger partial charge is 0.351 e. The molecule has 0 saturated heterocycles. The molecule has 1 fully saturated rings. The fourth-order valence-electron chi connectivity index (χ4n) is 2.63. The fourth-order valence-corrected chi connectivity index (χ4v) is 3.34. The van der Waals surface area contributed by atoms with Crippen LogP contribution in [0.5, 0.6) is 0 Å². The van der Waals surface area contributed by atoms with Crippen LogP contribution in [-0.2, 0) is 17.9 Å². The van der Waals surface area contributed by atoms with Crippen molar-refractivity contribution in [3.05, 3.63) is 53.6 Å². The molecule has 122 valence electrons. The number of carbonyl (C=O) groups excluding carboxylic acids is 1. The molecule has 1 amide bonds. The van der Waals surface area contributed by atoms with Gasteiger partial charge >= 0.3 is 0 Å². The number of carbonyl (C=O) groups is 1. The number of aromatic nitrogens is 2. The molecular formula is C17H19Cl2N3O. The highest BCUT2D eigenvalue weighted by Gasteiger charge is 2.67. The van der Waals surface area contributed by atoms with Gasteiger partial charge in [0.05, 0.1) is 5.41 Å². The number of alkyl halides is 2. The average Bonchev–Trinajstić information content (AvgIpc) is 2.80. The van der Waals surface area contributed by atoms with Crippen LogP contribution in [0.25, 0.3) is 0 Å². The number of hydrogen-bond acceptors (Lipinski definition) is 2. The molecule has 1 aromatic heterocycles. The van der Waals surface area contributed by atoms with E-state index in [0.29, 0.717) is 13.0 Å². The molecule has 1 saturated carbocycles. The van der Waals surface area contributed by atoms with Gasteiger partial charge in [-0.1, -0.05) is 24.3 Å². The Labute approximate surface area is 145 Å². The standard InChI is InChI=1S/C17H19Cl2N3O/c1-12-20-6-7-22(12)10-14-5-3-4-13(8-14)9-21-15(23)16(2)11-17(16,18)19/h3-8H,9-11H2,1-2H3,(H,21,23)/t16-/m0/s1. The predicted molar refractivity (Wildman–Crippen MR) is 91.5 cm³/mol. The van der Waals surface area contributed by atoms with Crippen molar-refractivity contribution in [2.75, 3.05) is 0 Å². The fraction of sp³-hybridized carbons (Fsp3) is 0.412. The minimum Gasteiger partial charge on any atom is -0.351 e. The predicted octanol–water partition coefficient (Wildman–Crippen LogP) is 3.44. The summed E-state index contributed by atoms with van der Waals surface area (Å²) >= 11 is 12.1. The normalized spacial score (nSPS) is 21.9. The lowest BCUT2D eigenvalue weighted by molar-refractivity contribution is -0.125. The quantitative estimate of drug-likeness (QED) is 0.838. The molecule has 1 aliphatic rings. The van der Waals surface area contributed by atoms with Gasteiger partial charge in [-0.3, -0.25) is 4.79 Å². The second-order valence-corrected chi connectivity index (χ2v) is 7.80. The summed E-state index contributed by atoms with van der Waals surface area (Å²) < 4.78 is 1.15. The molecule has 23 heavy (non-hydrogen) atoms. The van der Waals surface area contributed by atoms with Crippen LogP contribution in [0.3, 0.4) is 0 Å². The van der Waals surface area contributed by atoms with Gasteiger partial charge in [0.25, 0.3) is 0 Å². The molecule has 0 unspecified atom stereocenters. The number of nitrogens with one attached hydrogen (secondary N) is 1. The second-order valence-electron chi connectivity index (χ2n) is 6.32. The monoisotopic (exact) mass is 351 g/mol. The van der Waals surface area contributed by atoms with Crippen molar-refractivity contribution in [1.82, 2.24) is 14.9 Å². The van der Waals surface area contributed by atoms with Crippen molar-refractivity contribution in [3.63, 3.8) is 0 Å². The first kappa shape index (κ1) is 16.3. The number of aryl methyl sites for hydroxylation is 1. The van der Waals surface area contributed by atoms with Gasteiger partial charge in [0.15, 0.2) is 0 Å². The van der Waals surface area contributed by atoms with E-state index in [1.165, 1.54) is 5.56 Å². The van der Waals surface area contributed by atoms with Gasteiger partial charge in [0, 0.05) is 25.5 Å². The molecule has 1 aromatic carbocycles. The van der Waals surface area contributed by atoms with Crippen LogP contribution in [-0.4, -0.2) is 19.8 Å². The molecule has 0 spiro atoms. The molecule has 3 rings (SSSR count). The van der Waals surface area contributed by atoms with E-state index in [-0.39, 0.29) is 5.91 Å². The van der Waals surface area contributed by atoms with Crippen LogP contribution in [0.1, 0.15) is 30.3 Å². The van der Waals surface area contributed by atoms with E-state index in [9.17, 15) is 4.79 Å². The van der Waals surface area contributed by atoms with E-state index in [1.807, 2.05) is 25.3 Å². The van der Waals surface area contributed by atoms with Crippen molar-refractivity contribution in [3.8, 4) is 0 Å². The Morgan fingerprint density at radius 2 is 2.09 bits per heavy atom. The summed E-state index contributed by atoms with van der Waals surface area (Å²) in [7, 11) is 0. The van der Waals surface area contributed by atoms with Crippen LogP contribution in [0.2, 0.25) is 0 Å². The topological polar surface area (TPSA) is 46.9 Å². The summed E-state index contributed by atoms with van der Waals surface area (Å²) in [5.74, 6) is 0.879. The first-order valence-electron chi connectivity index (χ1n) is 7.53. The molecule has 1 aliphatic carbocycles. The lowest BCUT2D eigenvalue weighted by atomic mass is 10.1. The van der Waals surface area contributed by atoms with E-state index < -0.39 is 9.75 Å². The van der Waals surface area contributed by atoms with Gasteiger partial charge in [-0.15, -0.1) is 23.2 Å². The van der Waals surface area contributed by atoms with E-state index in [1.54, 1.807) is 13.1 Å². The van der Waals surface area contributed by atoms with E-state index >= 15 is 0 Å². The van der Waals surface area contributed by atoms with Gasteiger partial charge in [0.1, 0.15) is 10.2 Å². The van der Waals surface area contributed by atoms with Gasteiger partial charge in [-0.05, 0) is 31.4 Å². The Bertz CT molecular complexity index is 741. The number of halogens is 2. The van der Waals surface area contributed by atoms with Crippen molar-refractivity contribution >= 4 is 29.1 Å². The maximum absolute atomic E-state index is 12.2. The van der Waals surface area contributed by atoms with Gasteiger partial charge in [-0.25, -0.2) is 4.98 Å². The first-order chi connectivity index (χ1) is 10.8.